The molecule has 6 nitrogen and oxygen atoms in total. The lowest BCUT2D eigenvalue weighted by molar-refractivity contribution is -0.122. The highest BCUT2D eigenvalue weighted by molar-refractivity contribution is 6.04. The van der Waals surface area contributed by atoms with Crippen LogP contribution in [-0.2, 0) is 9.59 Å². The highest BCUT2D eigenvalue weighted by Gasteiger charge is 2.36. The van der Waals surface area contributed by atoms with Crippen molar-refractivity contribution in [1.82, 2.24) is 0 Å². The first-order valence-electron chi connectivity index (χ1n) is 8.41. The quantitative estimate of drug-likeness (QED) is 0.896. The molecule has 1 aliphatic heterocycles. The molecule has 136 valence electrons. The summed E-state index contributed by atoms with van der Waals surface area (Å²) in [6.45, 7) is 2.31. The van der Waals surface area contributed by atoms with Gasteiger partial charge in [0.1, 0.15) is 11.5 Å². The Balaban J connectivity index is 1.74. The van der Waals surface area contributed by atoms with E-state index in [0.29, 0.717) is 23.7 Å². The van der Waals surface area contributed by atoms with Gasteiger partial charge in [0.05, 0.1) is 25.8 Å². The lowest BCUT2D eigenvalue weighted by Gasteiger charge is -2.20. The first-order valence-corrected chi connectivity index (χ1v) is 8.41. The van der Waals surface area contributed by atoms with Gasteiger partial charge >= 0.3 is 0 Å². The second kappa shape index (κ2) is 7.47. The number of nitrogens with one attached hydrogen (secondary N) is 1. The summed E-state index contributed by atoms with van der Waals surface area (Å²) in [7, 11) is 3.11. The fraction of sp³-hybridized carbons (Fsp3) is 0.300. The molecule has 26 heavy (non-hydrogen) atoms. The second-order valence-electron chi connectivity index (χ2n) is 6.30. The normalized spacial score (nSPS) is 16.5. The average molecular weight is 354 g/mol. The number of hydrogen-bond acceptors (Lipinski definition) is 4. The molecule has 3 rings (SSSR count). The summed E-state index contributed by atoms with van der Waals surface area (Å²) in [5.41, 5.74) is 2.49. The molecular formula is C20H22N2O4. The third kappa shape index (κ3) is 3.64. The van der Waals surface area contributed by atoms with Gasteiger partial charge in [-0.25, -0.2) is 0 Å². The molecule has 0 unspecified atom stereocenters. The molecule has 0 aliphatic carbocycles. The predicted molar refractivity (Wildman–Crippen MR) is 99.8 cm³/mol. The Morgan fingerprint density at radius 3 is 2.50 bits per heavy atom. The van der Waals surface area contributed by atoms with Gasteiger partial charge in [-0.3, -0.25) is 9.59 Å². The van der Waals surface area contributed by atoms with E-state index >= 15 is 0 Å². The number of amides is 2. The third-order valence-corrected chi connectivity index (χ3v) is 4.49. The van der Waals surface area contributed by atoms with Crippen LogP contribution in [0.1, 0.15) is 12.0 Å². The van der Waals surface area contributed by atoms with Crippen LogP contribution in [0.5, 0.6) is 11.5 Å². The van der Waals surface area contributed by atoms with E-state index in [-0.39, 0.29) is 18.2 Å². The Morgan fingerprint density at radius 2 is 1.85 bits per heavy atom. The van der Waals surface area contributed by atoms with Gasteiger partial charge in [-0.1, -0.05) is 17.7 Å². The summed E-state index contributed by atoms with van der Waals surface area (Å²) in [4.78, 5) is 26.6. The summed E-state index contributed by atoms with van der Waals surface area (Å²) in [5, 5.41) is 2.88. The zero-order valence-electron chi connectivity index (χ0n) is 15.1. The summed E-state index contributed by atoms with van der Waals surface area (Å²) < 4.78 is 10.6. The molecule has 1 heterocycles. The van der Waals surface area contributed by atoms with Crippen molar-refractivity contribution in [1.29, 1.82) is 0 Å². The van der Waals surface area contributed by atoms with E-state index < -0.39 is 5.92 Å². The molecule has 0 bridgehead atoms. The second-order valence-corrected chi connectivity index (χ2v) is 6.30. The van der Waals surface area contributed by atoms with Gasteiger partial charge in [0.25, 0.3) is 0 Å². The van der Waals surface area contributed by atoms with Gasteiger partial charge in [0.15, 0.2) is 0 Å². The molecule has 0 spiro atoms. The molecule has 1 atom stereocenters. The van der Waals surface area contributed by atoms with Crippen molar-refractivity contribution in [2.45, 2.75) is 13.3 Å². The van der Waals surface area contributed by atoms with Crippen LogP contribution in [0.2, 0.25) is 0 Å². The Labute approximate surface area is 152 Å². The maximum absolute atomic E-state index is 12.5. The molecule has 2 amide bonds. The Kier molecular flexibility index (Phi) is 5.11. The standard InChI is InChI=1S/C20H22N2O4/c1-13-4-6-15(7-5-13)21-20(24)14-10-19(23)22(12-14)17-9-8-16(25-2)11-18(17)26-3/h4-9,11,14H,10,12H2,1-3H3,(H,21,24)/t14-/m1/s1. The number of carbonyl (C=O) groups excluding carboxylic acids is 2. The van der Waals surface area contributed by atoms with Gasteiger partial charge in [0, 0.05) is 24.7 Å². The maximum Gasteiger partial charge on any atom is 0.229 e. The van der Waals surface area contributed by atoms with Gasteiger partial charge in [-0.15, -0.1) is 0 Å². The van der Waals surface area contributed by atoms with E-state index in [1.807, 2.05) is 31.2 Å². The summed E-state index contributed by atoms with van der Waals surface area (Å²) in [6.07, 6.45) is 0.173. The van der Waals surface area contributed by atoms with Crippen molar-refractivity contribution in [2.75, 3.05) is 31.0 Å². The highest BCUT2D eigenvalue weighted by Crippen LogP contribution is 2.36. The number of methoxy groups -OCH3 is 2. The van der Waals surface area contributed by atoms with E-state index in [0.717, 1.165) is 11.3 Å². The minimum absolute atomic E-state index is 0.0995. The fourth-order valence-corrected chi connectivity index (χ4v) is 3.01. The van der Waals surface area contributed by atoms with Crippen molar-refractivity contribution >= 4 is 23.2 Å². The largest absolute Gasteiger partial charge is 0.497 e. The monoisotopic (exact) mass is 354 g/mol. The number of ether oxygens (including phenoxy) is 2. The summed E-state index contributed by atoms with van der Waals surface area (Å²) in [6, 6.07) is 12.8. The molecule has 0 aromatic heterocycles. The van der Waals surface area contributed by atoms with Crippen LogP contribution in [0.3, 0.4) is 0 Å². The van der Waals surface area contributed by atoms with Gasteiger partial charge in [-0.05, 0) is 31.2 Å². The van der Waals surface area contributed by atoms with Crippen molar-refractivity contribution in [3.05, 3.63) is 48.0 Å². The lowest BCUT2D eigenvalue weighted by Crippen LogP contribution is -2.28. The van der Waals surface area contributed by atoms with Gasteiger partial charge in [0.2, 0.25) is 11.8 Å². The Morgan fingerprint density at radius 1 is 1.12 bits per heavy atom. The van der Waals surface area contributed by atoms with Crippen LogP contribution in [0, 0.1) is 12.8 Å². The van der Waals surface area contributed by atoms with Crippen LogP contribution in [-0.4, -0.2) is 32.6 Å². The molecule has 1 saturated heterocycles. The number of carbonyl (C=O) groups is 2. The van der Waals surface area contributed by atoms with Crippen molar-refractivity contribution in [3.63, 3.8) is 0 Å². The molecule has 1 N–H and O–H groups in total. The lowest BCUT2D eigenvalue weighted by atomic mass is 10.1. The number of hydrogen-bond donors (Lipinski definition) is 1. The Hall–Kier alpha value is -3.02. The molecule has 6 heteroatoms. The van der Waals surface area contributed by atoms with Crippen molar-refractivity contribution < 1.29 is 19.1 Å². The van der Waals surface area contributed by atoms with Gasteiger partial charge < -0.3 is 19.7 Å². The van der Waals surface area contributed by atoms with Crippen LogP contribution in [0.4, 0.5) is 11.4 Å². The minimum Gasteiger partial charge on any atom is -0.497 e. The molecule has 0 saturated carbocycles. The number of aryl methyl sites for hydroxylation is 1. The van der Waals surface area contributed by atoms with Crippen LogP contribution < -0.4 is 19.7 Å². The SMILES string of the molecule is COc1ccc(N2C[C@H](C(=O)Nc3ccc(C)cc3)CC2=O)c(OC)c1. The number of anilines is 2. The highest BCUT2D eigenvalue weighted by atomic mass is 16.5. The molecule has 1 aliphatic rings. The average Bonchev–Trinajstić information content (AvgIpc) is 3.04. The molecule has 1 fully saturated rings. The topological polar surface area (TPSA) is 67.9 Å². The van der Waals surface area contributed by atoms with Crippen LogP contribution >= 0.6 is 0 Å². The molecule has 0 radical (unpaired) electrons. The summed E-state index contributed by atoms with van der Waals surface area (Å²) >= 11 is 0. The fourth-order valence-electron chi connectivity index (χ4n) is 3.01. The number of benzene rings is 2. The van der Waals surface area contributed by atoms with E-state index in [9.17, 15) is 9.59 Å². The first kappa shape index (κ1) is 17.8. The third-order valence-electron chi connectivity index (χ3n) is 4.49. The maximum atomic E-state index is 12.5. The summed E-state index contributed by atoms with van der Waals surface area (Å²) in [5.74, 6) is 0.522. The van der Waals surface area contributed by atoms with Gasteiger partial charge in [-0.2, -0.15) is 0 Å². The smallest absolute Gasteiger partial charge is 0.229 e. The van der Waals surface area contributed by atoms with Crippen LogP contribution in [0.25, 0.3) is 0 Å². The van der Waals surface area contributed by atoms with Crippen molar-refractivity contribution in [2.24, 2.45) is 5.92 Å². The van der Waals surface area contributed by atoms with E-state index in [1.165, 1.54) is 0 Å². The molecule has 2 aromatic carbocycles. The number of nitrogens with zero attached hydrogens (tertiary/aromatic N) is 1. The van der Waals surface area contributed by atoms with E-state index in [1.54, 1.807) is 37.3 Å². The minimum atomic E-state index is -0.407. The van der Waals surface area contributed by atoms with E-state index in [2.05, 4.69) is 5.32 Å². The van der Waals surface area contributed by atoms with Crippen molar-refractivity contribution in [3.8, 4) is 11.5 Å². The molecular weight excluding hydrogens is 332 g/mol. The first-order chi connectivity index (χ1) is 12.5. The zero-order chi connectivity index (χ0) is 18.7. The Bertz CT molecular complexity index is 817. The molecule has 2 aromatic rings. The van der Waals surface area contributed by atoms with Crippen LogP contribution in [0.15, 0.2) is 42.5 Å². The zero-order valence-corrected chi connectivity index (χ0v) is 15.1. The predicted octanol–water partition coefficient (Wildman–Crippen LogP) is 3.00. The van der Waals surface area contributed by atoms with E-state index in [4.69, 9.17) is 9.47 Å². The number of rotatable bonds is 5.